The van der Waals surface area contributed by atoms with E-state index < -0.39 is 10.4 Å². The van der Waals surface area contributed by atoms with E-state index in [1.54, 1.807) is 0 Å². The average Bonchev–Trinajstić information content (AvgIpc) is 2.61. The summed E-state index contributed by atoms with van der Waals surface area (Å²) in [6.45, 7) is 4.28. The van der Waals surface area contributed by atoms with Crippen LogP contribution in [0.15, 0.2) is 54.6 Å². The maximum Gasteiger partial charge on any atom is 0.217 e. The van der Waals surface area contributed by atoms with Gasteiger partial charge in [-0.2, -0.15) is 0 Å². The van der Waals surface area contributed by atoms with Gasteiger partial charge in [-0.05, 0) is 52.7 Å². The summed E-state index contributed by atoms with van der Waals surface area (Å²) in [5.41, 5.74) is 3.74. The zero-order valence-electron chi connectivity index (χ0n) is 14.7. The second-order valence-electron chi connectivity index (χ2n) is 6.10. The van der Waals surface area contributed by atoms with Crippen LogP contribution in [-0.2, 0) is 14.6 Å². The summed E-state index contributed by atoms with van der Waals surface area (Å²) in [7, 11) is -3.60. The van der Waals surface area contributed by atoms with Gasteiger partial charge in [-0.3, -0.25) is 4.18 Å². The highest BCUT2D eigenvalue weighted by Gasteiger charge is 2.09. The predicted octanol–water partition coefficient (Wildman–Crippen LogP) is 3.67. The lowest BCUT2D eigenvalue weighted by atomic mass is 9.99. The van der Waals surface area contributed by atoms with Gasteiger partial charge >= 0.3 is 0 Å². The van der Waals surface area contributed by atoms with Crippen LogP contribution in [0.1, 0.15) is 11.3 Å². The number of fused-ring (bicyclic) bond motifs is 4. The number of aromatic nitrogens is 1. The first kappa shape index (κ1) is 18.3. The molecule has 0 saturated carbocycles. The molecular formula is C20H19NO4S. The third-order valence-corrected chi connectivity index (χ3v) is 4.81. The molecule has 1 N–H and O–H groups in total. The van der Waals surface area contributed by atoms with E-state index in [1.807, 2.05) is 0 Å². The average molecular weight is 369 g/mol. The van der Waals surface area contributed by atoms with Crippen LogP contribution in [0.3, 0.4) is 0 Å². The highest BCUT2D eigenvalue weighted by atomic mass is 32.3. The molecule has 0 fully saturated rings. The summed E-state index contributed by atoms with van der Waals surface area (Å²) < 4.78 is 31.0. The standard InChI is InChI=1S/C19H15N.CH4O4S/c1-12-9-18-17-11-15-6-4-3-5-14(15)10-16(17)7-8-19(18)20-13(12)2;1-5-6(2,3)4/h3-11H,1-2H3;1H3,(H,2,3,4). The molecule has 1 heterocycles. The zero-order chi connectivity index (χ0) is 18.9. The Kier molecular flexibility index (Phi) is 4.91. The maximum absolute atomic E-state index is 9.22. The van der Waals surface area contributed by atoms with Crippen LogP contribution >= 0.6 is 0 Å². The van der Waals surface area contributed by atoms with Crippen molar-refractivity contribution < 1.29 is 22.1 Å². The number of rotatable bonds is 1. The molecule has 134 valence electrons. The van der Waals surface area contributed by atoms with Gasteiger partial charge in [0.25, 0.3) is 0 Å². The van der Waals surface area contributed by atoms with Gasteiger partial charge in [0.2, 0.25) is 15.9 Å². The minimum atomic E-state index is -4.41. The largest absolute Gasteiger partial charge is 0.726 e. The normalized spacial score (nSPS) is 11.5. The van der Waals surface area contributed by atoms with Gasteiger partial charge in [-0.1, -0.05) is 24.3 Å². The Hall–Kier alpha value is -2.54. The van der Waals surface area contributed by atoms with Crippen LogP contribution in [0.2, 0.25) is 0 Å². The number of hydrogen-bond acceptors (Lipinski definition) is 4. The van der Waals surface area contributed by atoms with Gasteiger partial charge in [0.05, 0.1) is 12.5 Å². The molecular weight excluding hydrogens is 350 g/mol. The van der Waals surface area contributed by atoms with Gasteiger partial charge in [-0.25, -0.2) is 13.4 Å². The number of H-pyrrole nitrogens is 1. The molecule has 0 aliphatic rings. The highest BCUT2D eigenvalue weighted by Crippen LogP contribution is 2.28. The lowest BCUT2D eigenvalue weighted by molar-refractivity contribution is -0.355. The van der Waals surface area contributed by atoms with Crippen molar-refractivity contribution in [3.05, 3.63) is 65.9 Å². The van der Waals surface area contributed by atoms with Crippen molar-refractivity contribution in [3.63, 3.8) is 0 Å². The van der Waals surface area contributed by atoms with Crippen molar-refractivity contribution in [2.24, 2.45) is 0 Å². The zero-order valence-corrected chi connectivity index (χ0v) is 15.6. The summed E-state index contributed by atoms with van der Waals surface area (Å²) in [5, 5.41) is 6.52. The first-order chi connectivity index (χ1) is 12.3. The fourth-order valence-corrected chi connectivity index (χ4v) is 2.93. The van der Waals surface area contributed by atoms with Crippen LogP contribution < -0.4 is 4.98 Å². The Morgan fingerprint density at radius 3 is 2.12 bits per heavy atom. The Labute approximate surface area is 152 Å². The third kappa shape index (κ3) is 3.83. The Bertz CT molecular complexity index is 1220. The lowest BCUT2D eigenvalue weighted by Crippen LogP contribution is -2.10. The summed E-state index contributed by atoms with van der Waals surface area (Å²) >= 11 is 0. The van der Waals surface area contributed by atoms with Crippen molar-refractivity contribution in [1.82, 2.24) is 0 Å². The van der Waals surface area contributed by atoms with Gasteiger partial charge in [0, 0.05) is 18.6 Å². The third-order valence-electron chi connectivity index (χ3n) is 4.41. The summed E-state index contributed by atoms with van der Waals surface area (Å²) in [6, 6.07) is 19.8. The van der Waals surface area contributed by atoms with E-state index in [1.165, 1.54) is 43.7 Å². The van der Waals surface area contributed by atoms with E-state index in [9.17, 15) is 13.0 Å². The number of hydrogen-bond donors (Lipinski definition) is 0. The first-order valence-electron chi connectivity index (χ1n) is 8.04. The van der Waals surface area contributed by atoms with Crippen LogP contribution in [0, 0.1) is 13.8 Å². The molecule has 0 amide bonds. The molecule has 0 radical (unpaired) electrons. The van der Waals surface area contributed by atoms with E-state index in [4.69, 9.17) is 0 Å². The van der Waals surface area contributed by atoms with Crippen molar-refractivity contribution in [2.45, 2.75) is 13.8 Å². The number of pyridine rings is 1. The molecule has 4 aromatic rings. The van der Waals surface area contributed by atoms with Gasteiger partial charge < -0.3 is 4.55 Å². The summed E-state index contributed by atoms with van der Waals surface area (Å²) in [4.78, 5) is 3.50. The summed E-state index contributed by atoms with van der Waals surface area (Å²) in [6.07, 6.45) is 0. The van der Waals surface area contributed by atoms with Crippen molar-refractivity contribution in [1.29, 1.82) is 0 Å². The molecule has 0 spiro atoms. The van der Waals surface area contributed by atoms with Crippen molar-refractivity contribution in [2.75, 3.05) is 7.11 Å². The molecule has 5 nitrogen and oxygen atoms in total. The topological polar surface area (TPSA) is 80.6 Å². The molecule has 26 heavy (non-hydrogen) atoms. The predicted molar refractivity (Wildman–Crippen MR) is 102 cm³/mol. The second kappa shape index (κ2) is 6.99. The quantitative estimate of drug-likeness (QED) is 0.222. The maximum atomic E-state index is 9.22. The smallest absolute Gasteiger partial charge is 0.217 e. The van der Waals surface area contributed by atoms with Crippen LogP contribution in [0.4, 0.5) is 0 Å². The van der Waals surface area contributed by atoms with Crippen molar-refractivity contribution >= 4 is 42.8 Å². The number of aryl methyl sites for hydroxylation is 2. The Morgan fingerprint density at radius 2 is 1.50 bits per heavy atom. The molecule has 0 aliphatic carbocycles. The molecule has 0 unspecified atom stereocenters. The van der Waals surface area contributed by atoms with Gasteiger partial charge in [-0.15, -0.1) is 0 Å². The fraction of sp³-hybridized carbons (Fsp3) is 0.150. The van der Waals surface area contributed by atoms with Crippen LogP contribution in [0.5, 0.6) is 0 Å². The molecule has 0 atom stereocenters. The lowest BCUT2D eigenvalue weighted by Gasteiger charge is -2.05. The van der Waals surface area contributed by atoms with Crippen molar-refractivity contribution in [3.8, 4) is 0 Å². The Morgan fingerprint density at radius 1 is 0.885 bits per heavy atom. The highest BCUT2D eigenvalue weighted by molar-refractivity contribution is 7.80. The van der Waals surface area contributed by atoms with Gasteiger partial charge in [0.15, 0.2) is 5.69 Å². The number of aromatic amines is 1. The summed E-state index contributed by atoms with van der Waals surface area (Å²) in [5.74, 6) is 0. The Balaban J connectivity index is 0.000000286. The van der Waals surface area contributed by atoms with Gasteiger partial charge in [0.1, 0.15) is 0 Å². The number of nitrogens with one attached hydrogen (secondary N) is 1. The van der Waals surface area contributed by atoms with E-state index in [2.05, 4.69) is 77.6 Å². The molecule has 4 rings (SSSR count). The van der Waals surface area contributed by atoms with Crippen LogP contribution in [-0.4, -0.2) is 20.1 Å². The minimum Gasteiger partial charge on any atom is -0.726 e. The van der Waals surface area contributed by atoms with E-state index in [-0.39, 0.29) is 0 Å². The molecule has 6 heteroatoms. The molecule has 0 saturated heterocycles. The molecule has 0 aliphatic heterocycles. The second-order valence-corrected chi connectivity index (χ2v) is 7.25. The van der Waals surface area contributed by atoms with E-state index >= 15 is 0 Å². The fourth-order valence-electron chi connectivity index (χ4n) is 2.93. The molecule has 3 aromatic carbocycles. The molecule has 1 aromatic heterocycles. The van der Waals surface area contributed by atoms with E-state index in [0.29, 0.717) is 0 Å². The van der Waals surface area contributed by atoms with E-state index in [0.717, 1.165) is 7.11 Å². The monoisotopic (exact) mass is 369 g/mol. The van der Waals surface area contributed by atoms with Crippen LogP contribution in [0.25, 0.3) is 32.4 Å². The first-order valence-corrected chi connectivity index (χ1v) is 9.38. The molecule has 0 bridgehead atoms. The minimum absolute atomic E-state index is 0.808. The number of benzene rings is 3. The SMILES string of the molecule is COS(=O)(=O)[O-].Cc1cc2c(ccc3cc4ccccc4cc32)[nH+]c1C.